The van der Waals surface area contributed by atoms with Gasteiger partial charge >= 0.3 is 0 Å². The Morgan fingerprint density at radius 1 is 0.868 bits per heavy atom. The molecule has 0 atom stereocenters. The van der Waals surface area contributed by atoms with Gasteiger partial charge in [0, 0.05) is 11.1 Å². The van der Waals surface area contributed by atoms with Crippen LogP contribution in [0.2, 0.25) is 0 Å². The van der Waals surface area contributed by atoms with Crippen molar-refractivity contribution in [3.63, 3.8) is 0 Å². The molecule has 0 heterocycles. The number of carbonyl (C=O) groups excluding carboxylic acids is 2. The molecule has 8 heteroatoms. The molecule has 0 unspecified atom stereocenters. The Bertz CT molecular complexity index is 1530. The molecule has 0 aromatic heterocycles. The Labute approximate surface area is 219 Å². The zero-order chi connectivity index (χ0) is 27.9. The summed E-state index contributed by atoms with van der Waals surface area (Å²) in [6.45, 7) is 6.28. The molecule has 3 aromatic rings. The molecule has 8 nitrogen and oxygen atoms in total. The highest BCUT2D eigenvalue weighted by Crippen LogP contribution is 2.54. The van der Waals surface area contributed by atoms with Crippen LogP contribution in [0.1, 0.15) is 63.7 Å². The van der Waals surface area contributed by atoms with Crippen molar-refractivity contribution in [2.45, 2.75) is 34.1 Å². The van der Waals surface area contributed by atoms with Crippen molar-refractivity contribution in [2.24, 2.45) is 5.41 Å². The van der Waals surface area contributed by atoms with Gasteiger partial charge in [-0.15, -0.1) is 0 Å². The summed E-state index contributed by atoms with van der Waals surface area (Å²) in [4.78, 5) is 25.5. The Balaban J connectivity index is 1.93. The predicted octanol–water partition coefficient (Wildman–Crippen LogP) is 6.01. The highest BCUT2D eigenvalue weighted by atomic mass is 16.5. The van der Waals surface area contributed by atoms with Gasteiger partial charge in [0.15, 0.2) is 34.6 Å². The molecule has 0 aliphatic heterocycles. The number of hydrogen-bond donors (Lipinski definition) is 5. The quantitative estimate of drug-likeness (QED) is 0.198. The van der Waals surface area contributed by atoms with Gasteiger partial charge in [-0.1, -0.05) is 62.4 Å². The third-order valence-corrected chi connectivity index (χ3v) is 6.53. The fourth-order valence-electron chi connectivity index (χ4n) is 4.48. The molecule has 3 aromatic carbocycles. The van der Waals surface area contributed by atoms with Gasteiger partial charge in [0.2, 0.25) is 11.5 Å². The molecule has 0 saturated carbocycles. The summed E-state index contributed by atoms with van der Waals surface area (Å²) in [5.74, 6) is -6.00. The van der Waals surface area contributed by atoms with Crippen molar-refractivity contribution in [1.82, 2.24) is 0 Å². The van der Waals surface area contributed by atoms with Crippen molar-refractivity contribution in [1.29, 1.82) is 0 Å². The summed E-state index contributed by atoms with van der Waals surface area (Å²) in [6, 6.07) is 9.09. The number of fused-ring (bicyclic) bond motifs is 1. The molecule has 1 aliphatic carbocycles. The van der Waals surface area contributed by atoms with E-state index in [1.165, 1.54) is 13.0 Å². The fraction of sp³-hybridized carbons (Fsp3) is 0.200. The van der Waals surface area contributed by atoms with E-state index >= 15 is 0 Å². The highest BCUT2D eigenvalue weighted by molar-refractivity contribution is 6.11. The summed E-state index contributed by atoms with van der Waals surface area (Å²) in [6.07, 6.45) is 6.66. The van der Waals surface area contributed by atoms with Crippen LogP contribution in [-0.4, -0.2) is 37.1 Å². The average molecular weight is 517 g/mol. The molecule has 0 saturated heterocycles. The van der Waals surface area contributed by atoms with E-state index in [1.54, 1.807) is 12.2 Å². The molecule has 5 N–H and O–H groups in total. The van der Waals surface area contributed by atoms with Crippen LogP contribution in [-0.2, 0) is 6.42 Å². The summed E-state index contributed by atoms with van der Waals surface area (Å²) < 4.78 is 5.63. The van der Waals surface area contributed by atoms with E-state index < -0.39 is 57.4 Å². The maximum absolute atomic E-state index is 13.4. The van der Waals surface area contributed by atoms with Gasteiger partial charge in [0.25, 0.3) is 0 Å². The standard InChI is InChI=1S/C30H28O8/c1-15-23(33)21(16(2)31)26(36)28(24(15)34)38-29-25(35)18-12-13-30(3,4)14-19(18)22(27(29)37)20(32)11-10-17-8-6-5-7-9-17/h5-13,33-37H,14H2,1-4H3. The first kappa shape index (κ1) is 26.3. The van der Waals surface area contributed by atoms with Crippen LogP contribution in [0.15, 0.2) is 42.5 Å². The van der Waals surface area contributed by atoms with Crippen LogP contribution in [0.25, 0.3) is 12.2 Å². The summed E-state index contributed by atoms with van der Waals surface area (Å²) in [5, 5.41) is 53.9. The van der Waals surface area contributed by atoms with Crippen molar-refractivity contribution in [3.8, 4) is 40.2 Å². The molecule has 0 radical (unpaired) electrons. The third kappa shape index (κ3) is 4.56. The van der Waals surface area contributed by atoms with E-state index in [4.69, 9.17) is 4.74 Å². The number of aromatic hydroxyl groups is 5. The smallest absolute Gasteiger partial charge is 0.212 e. The summed E-state index contributed by atoms with van der Waals surface area (Å²) in [5.41, 5.74) is 0.235. The zero-order valence-corrected chi connectivity index (χ0v) is 21.4. The molecule has 1 aliphatic rings. The number of phenols is 5. The number of rotatable bonds is 6. The summed E-state index contributed by atoms with van der Waals surface area (Å²) in [7, 11) is 0. The van der Waals surface area contributed by atoms with Gasteiger partial charge in [-0.3, -0.25) is 9.59 Å². The second-order valence-corrected chi connectivity index (χ2v) is 9.93. The van der Waals surface area contributed by atoms with Gasteiger partial charge in [-0.2, -0.15) is 0 Å². The van der Waals surface area contributed by atoms with Crippen LogP contribution < -0.4 is 4.74 Å². The Morgan fingerprint density at radius 2 is 1.47 bits per heavy atom. The van der Waals surface area contributed by atoms with E-state index in [0.717, 1.165) is 12.5 Å². The largest absolute Gasteiger partial charge is 0.507 e. The lowest BCUT2D eigenvalue weighted by molar-refractivity contribution is 0.100. The molecule has 0 bridgehead atoms. The first-order valence-electron chi connectivity index (χ1n) is 11.9. The van der Waals surface area contributed by atoms with Crippen LogP contribution in [0.4, 0.5) is 0 Å². The topological polar surface area (TPSA) is 145 Å². The molecular weight excluding hydrogens is 488 g/mol. The molecule has 38 heavy (non-hydrogen) atoms. The highest BCUT2D eigenvalue weighted by Gasteiger charge is 2.34. The van der Waals surface area contributed by atoms with E-state index in [-0.39, 0.29) is 22.1 Å². The van der Waals surface area contributed by atoms with Crippen LogP contribution >= 0.6 is 0 Å². The van der Waals surface area contributed by atoms with E-state index in [0.29, 0.717) is 12.0 Å². The number of benzene rings is 3. The van der Waals surface area contributed by atoms with Gasteiger partial charge in [0.1, 0.15) is 11.3 Å². The molecule has 0 amide bonds. The van der Waals surface area contributed by atoms with E-state index in [2.05, 4.69) is 0 Å². The number of carbonyl (C=O) groups is 2. The minimum Gasteiger partial charge on any atom is -0.507 e. The molecule has 0 spiro atoms. The Kier molecular flexibility index (Phi) is 6.67. The summed E-state index contributed by atoms with van der Waals surface area (Å²) >= 11 is 0. The first-order valence-corrected chi connectivity index (χ1v) is 11.9. The zero-order valence-electron chi connectivity index (χ0n) is 21.4. The van der Waals surface area contributed by atoms with Crippen molar-refractivity contribution < 1.29 is 39.9 Å². The van der Waals surface area contributed by atoms with Crippen LogP contribution in [0, 0.1) is 12.3 Å². The monoisotopic (exact) mass is 516 g/mol. The number of hydrogen-bond acceptors (Lipinski definition) is 8. The second-order valence-electron chi connectivity index (χ2n) is 9.93. The van der Waals surface area contributed by atoms with Crippen molar-refractivity contribution >= 4 is 23.7 Å². The second kappa shape index (κ2) is 9.63. The predicted molar refractivity (Wildman–Crippen MR) is 142 cm³/mol. The minimum absolute atomic E-state index is 0.112. The Hall–Kier alpha value is -4.72. The lowest BCUT2D eigenvalue weighted by Crippen LogP contribution is -2.19. The number of ether oxygens (including phenoxy) is 1. The SMILES string of the molecule is CC(=O)c1c(O)c(C)c(O)c(Oc2c(O)c3c(c(C(=O)C=Cc4ccccc4)c2O)CC(C)(C)C=C3)c1O. The lowest BCUT2D eigenvalue weighted by atomic mass is 9.76. The van der Waals surface area contributed by atoms with Crippen LogP contribution in [0.5, 0.6) is 40.2 Å². The van der Waals surface area contributed by atoms with Crippen LogP contribution in [0.3, 0.4) is 0 Å². The normalized spacial score (nSPS) is 13.9. The first-order chi connectivity index (χ1) is 17.8. The van der Waals surface area contributed by atoms with Gasteiger partial charge in [-0.25, -0.2) is 0 Å². The molecular formula is C30H28O8. The maximum atomic E-state index is 13.4. The lowest BCUT2D eigenvalue weighted by Gasteiger charge is -2.29. The maximum Gasteiger partial charge on any atom is 0.212 e. The van der Waals surface area contributed by atoms with Gasteiger partial charge in [0.05, 0.1) is 5.56 Å². The number of Topliss-reactive ketones (excluding diaryl/α,β-unsaturated/α-hetero) is 1. The minimum atomic E-state index is -0.886. The average Bonchev–Trinajstić information content (AvgIpc) is 2.85. The third-order valence-electron chi connectivity index (χ3n) is 6.53. The number of ketones is 2. The van der Waals surface area contributed by atoms with Crippen molar-refractivity contribution in [2.75, 3.05) is 0 Å². The van der Waals surface area contributed by atoms with E-state index in [1.807, 2.05) is 50.3 Å². The van der Waals surface area contributed by atoms with Gasteiger partial charge in [-0.05, 0) is 42.9 Å². The molecule has 196 valence electrons. The number of allylic oxidation sites excluding steroid dienone is 2. The molecule has 0 fully saturated rings. The molecule has 4 rings (SSSR count). The number of phenolic OH excluding ortho intramolecular Hbond substituents is 5. The fourth-order valence-corrected chi connectivity index (χ4v) is 4.48. The Morgan fingerprint density at radius 3 is 2.11 bits per heavy atom. The van der Waals surface area contributed by atoms with Gasteiger partial charge < -0.3 is 30.3 Å². The van der Waals surface area contributed by atoms with E-state index in [9.17, 15) is 35.1 Å². The van der Waals surface area contributed by atoms with Crippen molar-refractivity contribution in [3.05, 3.63) is 75.9 Å².